The zero-order valence-corrected chi connectivity index (χ0v) is 11.7. The molecule has 1 heterocycles. The first-order chi connectivity index (χ1) is 8.49. The summed E-state index contributed by atoms with van der Waals surface area (Å²) < 4.78 is 5.32. The van der Waals surface area contributed by atoms with Crippen molar-refractivity contribution in [3.63, 3.8) is 0 Å². The monoisotopic (exact) mass is 258 g/mol. The fraction of sp³-hybridized carbons (Fsp3) is 0.923. The molecular weight excluding hydrogens is 232 g/mol. The molecule has 2 atom stereocenters. The second-order valence-corrected chi connectivity index (χ2v) is 5.27. The van der Waals surface area contributed by atoms with E-state index in [9.17, 15) is 9.90 Å². The van der Waals surface area contributed by atoms with Crippen LogP contribution in [0.3, 0.4) is 0 Å². The lowest BCUT2D eigenvalue weighted by Crippen LogP contribution is -2.54. The molecule has 1 aliphatic rings. The highest BCUT2D eigenvalue weighted by Crippen LogP contribution is 2.18. The first kappa shape index (κ1) is 15.4. The van der Waals surface area contributed by atoms with Gasteiger partial charge in [-0.05, 0) is 33.2 Å². The Labute approximate surface area is 109 Å². The van der Waals surface area contributed by atoms with Crippen molar-refractivity contribution in [3.8, 4) is 0 Å². The SMILES string of the molecule is CCCNC(C)(CC(C)N1CCOCC1)C(=O)O. The summed E-state index contributed by atoms with van der Waals surface area (Å²) >= 11 is 0. The quantitative estimate of drug-likeness (QED) is 0.711. The van der Waals surface area contributed by atoms with E-state index in [-0.39, 0.29) is 6.04 Å². The Morgan fingerprint density at radius 2 is 2.11 bits per heavy atom. The van der Waals surface area contributed by atoms with E-state index in [1.54, 1.807) is 6.92 Å². The standard InChI is InChI=1S/C13H26N2O3/c1-4-5-14-13(3,12(16)17)10-11(2)15-6-8-18-9-7-15/h11,14H,4-10H2,1-3H3,(H,16,17). The summed E-state index contributed by atoms with van der Waals surface area (Å²) in [5, 5.41) is 12.6. The molecule has 1 saturated heterocycles. The molecule has 1 rings (SSSR count). The third-order valence-corrected chi connectivity index (χ3v) is 3.61. The lowest BCUT2D eigenvalue weighted by Gasteiger charge is -2.37. The normalized spacial score (nSPS) is 22.4. The van der Waals surface area contributed by atoms with Crippen molar-refractivity contribution in [2.45, 2.75) is 45.2 Å². The molecule has 5 heteroatoms. The number of hydrogen-bond acceptors (Lipinski definition) is 4. The van der Waals surface area contributed by atoms with Gasteiger partial charge in [-0.2, -0.15) is 0 Å². The number of hydrogen-bond donors (Lipinski definition) is 2. The number of rotatable bonds is 7. The molecule has 0 bridgehead atoms. The van der Waals surface area contributed by atoms with Crippen molar-refractivity contribution in [2.24, 2.45) is 0 Å². The van der Waals surface area contributed by atoms with Crippen LogP contribution in [0.5, 0.6) is 0 Å². The number of morpholine rings is 1. The van der Waals surface area contributed by atoms with E-state index in [1.165, 1.54) is 0 Å². The number of nitrogens with zero attached hydrogens (tertiary/aromatic N) is 1. The fourth-order valence-corrected chi connectivity index (χ4v) is 2.37. The van der Waals surface area contributed by atoms with E-state index < -0.39 is 11.5 Å². The number of carbonyl (C=O) groups is 1. The Hall–Kier alpha value is -0.650. The van der Waals surface area contributed by atoms with E-state index in [2.05, 4.69) is 17.1 Å². The molecule has 1 fully saturated rings. The van der Waals surface area contributed by atoms with Crippen molar-refractivity contribution in [2.75, 3.05) is 32.8 Å². The summed E-state index contributed by atoms with van der Waals surface area (Å²) in [6.45, 7) is 9.93. The highest BCUT2D eigenvalue weighted by molar-refractivity contribution is 5.78. The second-order valence-electron chi connectivity index (χ2n) is 5.27. The minimum atomic E-state index is -0.840. The molecule has 0 amide bonds. The van der Waals surface area contributed by atoms with Crippen LogP contribution in [0.1, 0.15) is 33.6 Å². The van der Waals surface area contributed by atoms with Gasteiger partial charge in [-0.25, -0.2) is 0 Å². The van der Waals surface area contributed by atoms with Gasteiger partial charge >= 0.3 is 5.97 Å². The van der Waals surface area contributed by atoms with E-state index in [1.807, 2.05) is 6.92 Å². The second kappa shape index (κ2) is 7.07. The minimum absolute atomic E-state index is 0.249. The predicted octanol–water partition coefficient (Wildman–Crippen LogP) is 0.940. The van der Waals surface area contributed by atoms with Gasteiger partial charge in [-0.1, -0.05) is 6.92 Å². The fourth-order valence-electron chi connectivity index (χ4n) is 2.37. The average molecular weight is 258 g/mol. The van der Waals surface area contributed by atoms with Gasteiger partial charge in [0.2, 0.25) is 0 Å². The van der Waals surface area contributed by atoms with Crippen molar-refractivity contribution in [3.05, 3.63) is 0 Å². The molecule has 106 valence electrons. The number of ether oxygens (including phenoxy) is 1. The van der Waals surface area contributed by atoms with E-state index in [0.29, 0.717) is 6.42 Å². The van der Waals surface area contributed by atoms with Crippen LogP contribution >= 0.6 is 0 Å². The van der Waals surface area contributed by atoms with Crippen molar-refractivity contribution >= 4 is 5.97 Å². The van der Waals surface area contributed by atoms with Gasteiger partial charge < -0.3 is 15.2 Å². The number of carboxylic acid groups (broad SMARTS) is 1. The average Bonchev–Trinajstić information content (AvgIpc) is 2.37. The Bertz CT molecular complexity index is 267. The van der Waals surface area contributed by atoms with E-state index >= 15 is 0 Å². The van der Waals surface area contributed by atoms with Crippen LogP contribution in [0.15, 0.2) is 0 Å². The van der Waals surface area contributed by atoms with Gasteiger partial charge in [0.25, 0.3) is 0 Å². The number of nitrogens with one attached hydrogen (secondary N) is 1. The Morgan fingerprint density at radius 1 is 1.50 bits per heavy atom. The molecule has 0 aromatic heterocycles. The van der Waals surface area contributed by atoms with Crippen LogP contribution in [-0.4, -0.2) is 60.4 Å². The third kappa shape index (κ3) is 4.23. The minimum Gasteiger partial charge on any atom is -0.480 e. The van der Waals surface area contributed by atoms with E-state index in [4.69, 9.17) is 4.74 Å². The van der Waals surface area contributed by atoms with E-state index in [0.717, 1.165) is 39.3 Å². The van der Waals surface area contributed by atoms with Crippen molar-refractivity contribution < 1.29 is 14.6 Å². The first-order valence-electron chi connectivity index (χ1n) is 6.80. The van der Waals surface area contributed by atoms with Crippen LogP contribution in [-0.2, 0) is 9.53 Å². The maximum Gasteiger partial charge on any atom is 0.323 e. The molecule has 0 aliphatic carbocycles. The molecule has 0 saturated carbocycles. The van der Waals surface area contributed by atoms with Crippen molar-refractivity contribution in [1.82, 2.24) is 10.2 Å². The molecule has 1 aliphatic heterocycles. The van der Waals surface area contributed by atoms with Gasteiger partial charge in [0.05, 0.1) is 13.2 Å². The molecule has 0 aromatic carbocycles. The third-order valence-electron chi connectivity index (χ3n) is 3.61. The van der Waals surface area contributed by atoms with Gasteiger partial charge in [-0.15, -0.1) is 0 Å². The predicted molar refractivity (Wildman–Crippen MR) is 70.8 cm³/mol. The Morgan fingerprint density at radius 3 is 2.61 bits per heavy atom. The number of aliphatic carboxylic acids is 1. The molecule has 0 aromatic rings. The smallest absolute Gasteiger partial charge is 0.323 e. The summed E-state index contributed by atoms with van der Waals surface area (Å²) in [4.78, 5) is 13.7. The topological polar surface area (TPSA) is 61.8 Å². The molecule has 2 N–H and O–H groups in total. The summed E-state index contributed by atoms with van der Waals surface area (Å²) in [5.74, 6) is -0.768. The first-order valence-corrected chi connectivity index (χ1v) is 6.80. The van der Waals surface area contributed by atoms with Crippen LogP contribution in [0.2, 0.25) is 0 Å². The lowest BCUT2D eigenvalue weighted by atomic mass is 9.92. The highest BCUT2D eigenvalue weighted by Gasteiger charge is 2.35. The Kier molecular flexibility index (Phi) is 6.05. The molecule has 2 unspecified atom stereocenters. The van der Waals surface area contributed by atoms with Gasteiger partial charge in [0.15, 0.2) is 0 Å². The van der Waals surface area contributed by atoms with Crippen LogP contribution in [0.4, 0.5) is 0 Å². The maximum absolute atomic E-state index is 11.4. The molecular formula is C13H26N2O3. The van der Waals surface area contributed by atoms with Gasteiger partial charge in [0, 0.05) is 19.1 Å². The molecule has 0 spiro atoms. The summed E-state index contributed by atoms with van der Waals surface area (Å²) in [6, 6.07) is 0.249. The maximum atomic E-state index is 11.4. The molecule has 18 heavy (non-hydrogen) atoms. The molecule has 0 radical (unpaired) electrons. The van der Waals surface area contributed by atoms with Crippen LogP contribution in [0, 0.1) is 0 Å². The van der Waals surface area contributed by atoms with Crippen LogP contribution in [0.25, 0.3) is 0 Å². The van der Waals surface area contributed by atoms with Gasteiger partial charge in [-0.3, -0.25) is 9.69 Å². The molecule has 5 nitrogen and oxygen atoms in total. The summed E-state index contributed by atoms with van der Waals surface area (Å²) in [6.07, 6.45) is 1.55. The zero-order chi connectivity index (χ0) is 13.6. The zero-order valence-electron chi connectivity index (χ0n) is 11.7. The summed E-state index contributed by atoms with van der Waals surface area (Å²) in [5.41, 5.74) is -0.840. The largest absolute Gasteiger partial charge is 0.480 e. The number of carboxylic acids is 1. The Balaban J connectivity index is 2.55. The van der Waals surface area contributed by atoms with Crippen LogP contribution < -0.4 is 5.32 Å². The van der Waals surface area contributed by atoms with Crippen molar-refractivity contribution in [1.29, 1.82) is 0 Å². The summed E-state index contributed by atoms with van der Waals surface area (Å²) in [7, 11) is 0. The lowest BCUT2D eigenvalue weighted by molar-refractivity contribution is -0.145. The highest BCUT2D eigenvalue weighted by atomic mass is 16.5. The van der Waals surface area contributed by atoms with Gasteiger partial charge in [0.1, 0.15) is 5.54 Å².